The van der Waals surface area contributed by atoms with E-state index >= 15 is 0 Å². The molecule has 0 saturated carbocycles. The number of carbonyl (C=O) groups is 2. The molecule has 0 spiro atoms. The molecule has 0 aliphatic heterocycles. The average Bonchev–Trinajstić information content (AvgIpc) is 2.83. The maximum atomic E-state index is 12.3. The summed E-state index contributed by atoms with van der Waals surface area (Å²) in [5.74, 6) is -0.575. The van der Waals surface area contributed by atoms with Crippen molar-refractivity contribution >= 4 is 38.7 Å². The van der Waals surface area contributed by atoms with Crippen LogP contribution >= 0.6 is 0 Å². The summed E-state index contributed by atoms with van der Waals surface area (Å²) >= 11 is 0. The average molecular weight is 493 g/mol. The topological polar surface area (TPSA) is 117 Å². The number of hydrogen-bond donors (Lipinski definition) is 3. The molecule has 0 aliphatic carbocycles. The third kappa shape index (κ3) is 7.00. The van der Waals surface area contributed by atoms with E-state index in [1.807, 2.05) is 6.07 Å². The second-order valence-electron chi connectivity index (χ2n) is 8.19. The number of amides is 2. The van der Waals surface area contributed by atoms with Gasteiger partial charge in [-0.05, 0) is 73.9 Å². The van der Waals surface area contributed by atoms with Crippen LogP contribution < -0.4 is 16.1 Å². The van der Waals surface area contributed by atoms with E-state index in [-0.39, 0.29) is 23.3 Å². The van der Waals surface area contributed by atoms with Gasteiger partial charge in [0.25, 0.3) is 11.8 Å². The van der Waals surface area contributed by atoms with Crippen LogP contribution in [0.1, 0.15) is 34.0 Å². The third-order valence-electron chi connectivity index (χ3n) is 5.29. The molecule has 0 aliphatic rings. The molecule has 0 heterocycles. The van der Waals surface area contributed by atoms with Crippen LogP contribution in [0.4, 0.5) is 11.4 Å². The van der Waals surface area contributed by atoms with Crippen molar-refractivity contribution in [1.82, 2.24) is 5.43 Å². The fourth-order valence-electron chi connectivity index (χ4n) is 3.41. The van der Waals surface area contributed by atoms with Gasteiger partial charge in [-0.3, -0.25) is 9.59 Å². The lowest BCUT2D eigenvalue weighted by atomic mass is 10.1. The highest BCUT2D eigenvalue weighted by atomic mass is 32.2. The van der Waals surface area contributed by atoms with E-state index in [1.165, 1.54) is 0 Å². The highest BCUT2D eigenvalue weighted by Crippen LogP contribution is 2.25. The van der Waals surface area contributed by atoms with Crippen molar-refractivity contribution in [2.45, 2.75) is 25.7 Å². The Morgan fingerprint density at radius 3 is 2.20 bits per heavy atom. The second kappa shape index (κ2) is 11.0. The van der Waals surface area contributed by atoms with Crippen LogP contribution in [0.2, 0.25) is 0 Å². The quantitative estimate of drug-likeness (QED) is 0.326. The van der Waals surface area contributed by atoms with Crippen LogP contribution in [0, 0.1) is 13.8 Å². The Bertz CT molecular complexity index is 1370. The van der Waals surface area contributed by atoms with E-state index in [9.17, 15) is 18.0 Å². The summed E-state index contributed by atoms with van der Waals surface area (Å²) in [7, 11) is -3.38. The lowest BCUT2D eigenvalue weighted by Gasteiger charge is -2.13. The summed E-state index contributed by atoms with van der Waals surface area (Å²) in [6.07, 6.45) is 1.16. The molecular formula is C26H28N4O4S. The number of sulfone groups is 1. The number of carbonyl (C=O) groups excluding carboxylic acids is 2. The summed E-state index contributed by atoms with van der Waals surface area (Å²) in [4.78, 5) is 24.8. The van der Waals surface area contributed by atoms with E-state index < -0.39 is 9.84 Å². The Labute approximate surface area is 205 Å². The van der Waals surface area contributed by atoms with Crippen molar-refractivity contribution in [2.24, 2.45) is 5.10 Å². The van der Waals surface area contributed by atoms with E-state index in [0.717, 1.165) is 17.4 Å². The van der Waals surface area contributed by atoms with E-state index in [2.05, 4.69) is 21.2 Å². The summed E-state index contributed by atoms with van der Waals surface area (Å²) in [5, 5.41) is 9.95. The molecule has 3 rings (SSSR count). The maximum Gasteiger partial charge on any atom is 0.259 e. The Hall–Kier alpha value is -3.98. The number of anilines is 2. The van der Waals surface area contributed by atoms with Crippen LogP contribution in [0.25, 0.3) is 0 Å². The van der Waals surface area contributed by atoms with E-state index in [1.54, 1.807) is 81.4 Å². The Morgan fingerprint density at radius 2 is 1.57 bits per heavy atom. The van der Waals surface area contributed by atoms with E-state index in [4.69, 9.17) is 0 Å². The predicted molar refractivity (Wildman–Crippen MR) is 139 cm³/mol. The monoisotopic (exact) mass is 492 g/mol. The van der Waals surface area contributed by atoms with Gasteiger partial charge in [0.15, 0.2) is 9.84 Å². The van der Waals surface area contributed by atoms with Gasteiger partial charge in [-0.1, -0.05) is 30.3 Å². The lowest BCUT2D eigenvalue weighted by Crippen LogP contribution is -2.27. The summed E-state index contributed by atoms with van der Waals surface area (Å²) < 4.78 is 24.0. The number of aryl methyl sites for hydroxylation is 1. The van der Waals surface area contributed by atoms with Crippen molar-refractivity contribution in [3.05, 3.63) is 89.0 Å². The van der Waals surface area contributed by atoms with E-state index in [0.29, 0.717) is 28.2 Å². The van der Waals surface area contributed by atoms with Crippen LogP contribution in [-0.4, -0.2) is 38.7 Å². The van der Waals surface area contributed by atoms with Gasteiger partial charge in [0.1, 0.15) is 0 Å². The molecule has 3 aromatic carbocycles. The molecule has 0 bridgehead atoms. The molecule has 182 valence electrons. The van der Waals surface area contributed by atoms with Gasteiger partial charge in [0, 0.05) is 23.2 Å². The van der Waals surface area contributed by atoms with Gasteiger partial charge in [0.2, 0.25) is 0 Å². The summed E-state index contributed by atoms with van der Waals surface area (Å²) in [6.45, 7) is 5.18. The minimum absolute atomic E-state index is 0.0747. The third-order valence-corrected chi connectivity index (χ3v) is 6.51. The SMILES string of the molecule is C/C(=N/NC(=O)CNc1cc(C)cc(S(C)(=O)=O)c1C)c1ccc(NC(=O)c2ccccc2)cc1. The fourth-order valence-corrected chi connectivity index (χ4v) is 4.47. The smallest absolute Gasteiger partial charge is 0.259 e. The van der Waals surface area contributed by atoms with Crippen LogP contribution in [0.5, 0.6) is 0 Å². The molecule has 8 nitrogen and oxygen atoms in total. The van der Waals surface area contributed by atoms with Crippen molar-refractivity contribution in [3.8, 4) is 0 Å². The molecule has 0 radical (unpaired) electrons. The first-order valence-electron chi connectivity index (χ1n) is 10.9. The highest BCUT2D eigenvalue weighted by Gasteiger charge is 2.15. The molecule has 9 heteroatoms. The number of hydrazone groups is 1. The number of hydrogen-bond acceptors (Lipinski definition) is 6. The highest BCUT2D eigenvalue weighted by molar-refractivity contribution is 7.90. The molecule has 0 saturated heterocycles. The van der Waals surface area contributed by atoms with Crippen LogP contribution in [-0.2, 0) is 14.6 Å². The largest absolute Gasteiger partial charge is 0.376 e. The Balaban J connectivity index is 1.58. The van der Waals surface area contributed by atoms with Crippen LogP contribution in [0.15, 0.2) is 76.7 Å². The minimum atomic E-state index is -3.38. The molecule has 3 aromatic rings. The first-order chi connectivity index (χ1) is 16.5. The van der Waals surface area contributed by atoms with Crippen molar-refractivity contribution in [2.75, 3.05) is 23.4 Å². The van der Waals surface area contributed by atoms with Gasteiger partial charge in [-0.25, -0.2) is 13.8 Å². The van der Waals surface area contributed by atoms with Gasteiger partial charge in [-0.2, -0.15) is 5.10 Å². The Kier molecular flexibility index (Phi) is 8.03. The fraction of sp³-hybridized carbons (Fsp3) is 0.192. The van der Waals surface area contributed by atoms with Crippen molar-refractivity contribution < 1.29 is 18.0 Å². The predicted octanol–water partition coefficient (Wildman–Crippen LogP) is 3.91. The molecule has 0 unspecified atom stereocenters. The molecular weight excluding hydrogens is 464 g/mol. The second-order valence-corrected chi connectivity index (χ2v) is 10.2. The number of rotatable bonds is 8. The molecule has 35 heavy (non-hydrogen) atoms. The minimum Gasteiger partial charge on any atom is -0.376 e. The molecule has 0 fully saturated rings. The van der Waals surface area contributed by atoms with Gasteiger partial charge in [-0.15, -0.1) is 0 Å². The van der Waals surface area contributed by atoms with Crippen molar-refractivity contribution in [3.63, 3.8) is 0 Å². The lowest BCUT2D eigenvalue weighted by molar-refractivity contribution is -0.119. The summed E-state index contributed by atoms with van der Waals surface area (Å²) in [5.41, 5.74) is 6.99. The van der Waals surface area contributed by atoms with Gasteiger partial charge < -0.3 is 10.6 Å². The first-order valence-corrected chi connectivity index (χ1v) is 12.8. The molecule has 0 atom stereocenters. The molecule has 2 amide bonds. The maximum absolute atomic E-state index is 12.3. The zero-order chi connectivity index (χ0) is 25.6. The standard InChI is InChI=1S/C26H28N4O4S/c1-17-14-23(18(2)24(15-17)35(4,33)34)27-16-25(31)30-29-19(3)20-10-12-22(13-11-20)28-26(32)21-8-6-5-7-9-21/h5-15,27H,16H2,1-4H3,(H,28,32)(H,30,31)/b29-19-. The van der Waals surface area contributed by atoms with Crippen molar-refractivity contribution in [1.29, 1.82) is 0 Å². The van der Waals surface area contributed by atoms with Crippen LogP contribution in [0.3, 0.4) is 0 Å². The normalized spacial score (nSPS) is 11.6. The van der Waals surface area contributed by atoms with Gasteiger partial charge in [0.05, 0.1) is 17.2 Å². The molecule has 0 aromatic heterocycles. The zero-order valence-corrected chi connectivity index (χ0v) is 20.9. The molecule has 3 N–H and O–H groups in total. The summed E-state index contributed by atoms with van der Waals surface area (Å²) in [6, 6.07) is 19.5. The first kappa shape index (κ1) is 25.6. The number of nitrogens with zero attached hydrogens (tertiary/aromatic N) is 1. The zero-order valence-electron chi connectivity index (χ0n) is 20.0. The Morgan fingerprint density at radius 1 is 0.914 bits per heavy atom. The van der Waals surface area contributed by atoms with Gasteiger partial charge >= 0.3 is 0 Å². The number of nitrogens with one attached hydrogen (secondary N) is 3. The number of benzene rings is 3.